The highest BCUT2D eigenvalue weighted by molar-refractivity contribution is 4.95. The van der Waals surface area contributed by atoms with Crippen LogP contribution in [0.1, 0.15) is 12.1 Å². The molecule has 1 unspecified atom stereocenters. The van der Waals surface area contributed by atoms with E-state index in [9.17, 15) is 0 Å². The highest BCUT2D eigenvalue weighted by atomic mass is 16.5. The van der Waals surface area contributed by atoms with Gasteiger partial charge in [0.2, 0.25) is 0 Å². The quantitative estimate of drug-likeness (QED) is 0.698. The monoisotopic (exact) mass is 198 g/mol. The van der Waals surface area contributed by atoms with Crippen LogP contribution in [0, 0.1) is 0 Å². The molecule has 80 valence electrons. The lowest BCUT2D eigenvalue weighted by Crippen LogP contribution is -2.29. The van der Waals surface area contributed by atoms with Gasteiger partial charge in [-0.25, -0.2) is 0 Å². The van der Waals surface area contributed by atoms with Crippen molar-refractivity contribution in [2.75, 3.05) is 20.8 Å². The van der Waals surface area contributed by atoms with Gasteiger partial charge in [0.1, 0.15) is 0 Å². The van der Waals surface area contributed by atoms with Crippen LogP contribution in [0.4, 0.5) is 0 Å². The molecule has 14 heavy (non-hydrogen) atoms. The Morgan fingerprint density at radius 1 is 1.64 bits per heavy atom. The predicted molar refractivity (Wildman–Crippen MR) is 54.0 cm³/mol. The van der Waals surface area contributed by atoms with Gasteiger partial charge in [-0.15, -0.1) is 5.10 Å². The Hall–Kier alpha value is -0.940. The van der Waals surface area contributed by atoms with E-state index in [1.165, 1.54) is 0 Å². The minimum atomic E-state index is 0.409. The van der Waals surface area contributed by atoms with Crippen molar-refractivity contribution in [1.82, 2.24) is 20.3 Å². The number of nitrogens with zero attached hydrogens (tertiary/aromatic N) is 3. The highest BCUT2D eigenvalue weighted by Gasteiger charge is 2.08. The van der Waals surface area contributed by atoms with Crippen LogP contribution < -0.4 is 5.32 Å². The molecule has 5 nitrogen and oxygen atoms in total. The van der Waals surface area contributed by atoms with Gasteiger partial charge in [-0.3, -0.25) is 4.68 Å². The van der Waals surface area contributed by atoms with E-state index in [0.29, 0.717) is 6.04 Å². The normalized spacial score (nSPS) is 13.1. The molecule has 0 aromatic carbocycles. The summed E-state index contributed by atoms with van der Waals surface area (Å²) >= 11 is 0. The van der Waals surface area contributed by atoms with Crippen molar-refractivity contribution in [2.45, 2.75) is 18.9 Å². The zero-order chi connectivity index (χ0) is 10.4. The van der Waals surface area contributed by atoms with E-state index in [1.807, 2.05) is 20.3 Å². The number of nitrogens with one attached hydrogen (secondary N) is 1. The fourth-order valence-corrected chi connectivity index (χ4v) is 1.35. The second-order valence-corrected chi connectivity index (χ2v) is 3.35. The Labute approximate surface area is 84.4 Å². The molecule has 0 aliphatic carbocycles. The van der Waals surface area contributed by atoms with Crippen molar-refractivity contribution in [2.24, 2.45) is 7.05 Å². The number of aromatic nitrogens is 3. The minimum Gasteiger partial charge on any atom is -0.385 e. The summed E-state index contributed by atoms with van der Waals surface area (Å²) in [5.74, 6) is 0. The Bertz CT molecular complexity index is 261. The number of methoxy groups -OCH3 is 1. The summed E-state index contributed by atoms with van der Waals surface area (Å²) in [7, 11) is 5.55. The van der Waals surface area contributed by atoms with Crippen molar-refractivity contribution in [1.29, 1.82) is 0 Å². The van der Waals surface area contributed by atoms with E-state index in [0.717, 1.165) is 25.1 Å². The molecule has 0 saturated heterocycles. The molecule has 1 aromatic heterocycles. The molecule has 0 saturated carbocycles. The molecule has 0 aliphatic rings. The smallest absolute Gasteiger partial charge is 0.0842 e. The summed E-state index contributed by atoms with van der Waals surface area (Å²) in [6.45, 7) is 0.770. The molecule has 1 N–H and O–H groups in total. The first-order valence-electron chi connectivity index (χ1n) is 4.77. The average molecular weight is 198 g/mol. The van der Waals surface area contributed by atoms with Crippen LogP contribution in [0.3, 0.4) is 0 Å². The van der Waals surface area contributed by atoms with Gasteiger partial charge < -0.3 is 10.1 Å². The lowest BCUT2D eigenvalue weighted by Gasteiger charge is -2.13. The molecule has 0 fully saturated rings. The van der Waals surface area contributed by atoms with Gasteiger partial charge in [0.25, 0.3) is 0 Å². The van der Waals surface area contributed by atoms with Crippen molar-refractivity contribution < 1.29 is 4.74 Å². The first-order chi connectivity index (χ1) is 6.76. The number of rotatable bonds is 6. The second kappa shape index (κ2) is 5.72. The SMILES string of the molecule is CNC(CCOC)Cc1cn(C)nn1. The van der Waals surface area contributed by atoms with Gasteiger partial charge in [-0.1, -0.05) is 5.21 Å². The van der Waals surface area contributed by atoms with Crippen LogP contribution in [0.15, 0.2) is 6.20 Å². The molecule has 0 aliphatic heterocycles. The van der Waals surface area contributed by atoms with Crippen molar-refractivity contribution in [3.63, 3.8) is 0 Å². The largest absolute Gasteiger partial charge is 0.385 e. The van der Waals surface area contributed by atoms with Crippen LogP contribution in [0.25, 0.3) is 0 Å². The van der Waals surface area contributed by atoms with Crippen LogP contribution in [0.2, 0.25) is 0 Å². The van der Waals surface area contributed by atoms with Gasteiger partial charge in [-0.05, 0) is 13.5 Å². The van der Waals surface area contributed by atoms with Crippen molar-refractivity contribution >= 4 is 0 Å². The maximum Gasteiger partial charge on any atom is 0.0842 e. The molecule has 0 bridgehead atoms. The number of likely N-dealkylation sites (N-methyl/N-ethyl adjacent to an activating group) is 1. The first kappa shape index (κ1) is 11.1. The third-order valence-electron chi connectivity index (χ3n) is 2.18. The Balaban J connectivity index is 2.40. The number of hydrogen-bond donors (Lipinski definition) is 1. The lowest BCUT2D eigenvalue weighted by molar-refractivity contribution is 0.183. The third kappa shape index (κ3) is 3.43. The van der Waals surface area contributed by atoms with E-state index >= 15 is 0 Å². The zero-order valence-electron chi connectivity index (χ0n) is 9.03. The minimum absolute atomic E-state index is 0.409. The highest BCUT2D eigenvalue weighted by Crippen LogP contribution is 2.01. The van der Waals surface area contributed by atoms with Gasteiger partial charge >= 0.3 is 0 Å². The summed E-state index contributed by atoms with van der Waals surface area (Å²) in [4.78, 5) is 0. The summed E-state index contributed by atoms with van der Waals surface area (Å²) in [6, 6.07) is 0.409. The summed E-state index contributed by atoms with van der Waals surface area (Å²) in [5.41, 5.74) is 1.02. The first-order valence-corrected chi connectivity index (χ1v) is 4.77. The number of hydrogen-bond acceptors (Lipinski definition) is 4. The summed E-state index contributed by atoms with van der Waals surface area (Å²) in [6.07, 6.45) is 3.83. The van der Waals surface area contributed by atoms with Crippen molar-refractivity contribution in [3.8, 4) is 0 Å². The molecule has 1 atom stereocenters. The molecule has 5 heteroatoms. The van der Waals surface area contributed by atoms with Crippen LogP contribution >= 0.6 is 0 Å². The van der Waals surface area contributed by atoms with Crippen molar-refractivity contribution in [3.05, 3.63) is 11.9 Å². The average Bonchev–Trinajstić information content (AvgIpc) is 2.58. The lowest BCUT2D eigenvalue weighted by atomic mass is 10.1. The van der Waals surface area contributed by atoms with E-state index < -0.39 is 0 Å². The van der Waals surface area contributed by atoms with E-state index in [2.05, 4.69) is 15.6 Å². The van der Waals surface area contributed by atoms with Crippen LogP contribution in [0.5, 0.6) is 0 Å². The number of ether oxygens (including phenoxy) is 1. The van der Waals surface area contributed by atoms with Gasteiger partial charge in [-0.2, -0.15) is 0 Å². The molecule has 1 heterocycles. The van der Waals surface area contributed by atoms with Gasteiger partial charge in [0.15, 0.2) is 0 Å². The van der Waals surface area contributed by atoms with E-state index in [1.54, 1.807) is 11.8 Å². The molecule has 0 radical (unpaired) electrons. The molecule has 1 rings (SSSR count). The number of aryl methyl sites for hydroxylation is 1. The van der Waals surface area contributed by atoms with E-state index in [4.69, 9.17) is 4.74 Å². The summed E-state index contributed by atoms with van der Waals surface area (Å²) < 4.78 is 6.76. The zero-order valence-corrected chi connectivity index (χ0v) is 9.03. The van der Waals surface area contributed by atoms with Crippen LogP contribution in [-0.4, -0.2) is 41.8 Å². The fourth-order valence-electron chi connectivity index (χ4n) is 1.35. The van der Waals surface area contributed by atoms with Crippen LogP contribution in [-0.2, 0) is 18.2 Å². The standard InChI is InChI=1S/C9H18N4O/c1-10-8(4-5-14-3)6-9-7-13(2)12-11-9/h7-8,10H,4-6H2,1-3H3. The molecule has 0 amide bonds. The topological polar surface area (TPSA) is 52.0 Å². The maximum absolute atomic E-state index is 5.04. The maximum atomic E-state index is 5.04. The van der Waals surface area contributed by atoms with Gasteiger partial charge in [0, 0.05) is 39.4 Å². The molecule has 0 spiro atoms. The second-order valence-electron chi connectivity index (χ2n) is 3.35. The van der Waals surface area contributed by atoms with Gasteiger partial charge in [0.05, 0.1) is 5.69 Å². The molecular weight excluding hydrogens is 180 g/mol. The third-order valence-corrected chi connectivity index (χ3v) is 2.18. The Kier molecular flexibility index (Phi) is 4.55. The predicted octanol–water partition coefficient (Wildman–Crippen LogP) is -0.0179. The molecule has 1 aromatic rings. The fraction of sp³-hybridized carbons (Fsp3) is 0.778. The Morgan fingerprint density at radius 2 is 2.43 bits per heavy atom. The molecular formula is C9H18N4O. The Morgan fingerprint density at radius 3 is 2.93 bits per heavy atom. The summed E-state index contributed by atoms with van der Waals surface area (Å²) in [5, 5.41) is 11.2. The van der Waals surface area contributed by atoms with E-state index in [-0.39, 0.29) is 0 Å².